The maximum Gasteiger partial charge on any atom is 0.262 e. The smallest absolute Gasteiger partial charge is 0.262 e. The van der Waals surface area contributed by atoms with Gasteiger partial charge in [-0.2, -0.15) is 0 Å². The Morgan fingerprint density at radius 2 is 2.05 bits per heavy atom. The Labute approximate surface area is 120 Å². The summed E-state index contributed by atoms with van der Waals surface area (Å²) in [5.41, 5.74) is 0.608. The molecule has 106 valence electrons. The standard InChI is InChI=1S/C14H15FN2O2S/c1-3-16-11(18)7-17-14(19)13-8(2)12-9(15)5-4-6-10(12)20-13/h4-6H,3,7H2,1-2H3,(H,16,18)(H,17,19). The summed E-state index contributed by atoms with van der Waals surface area (Å²) in [4.78, 5) is 23.8. The van der Waals surface area contributed by atoms with Crippen LogP contribution in [-0.2, 0) is 4.79 Å². The predicted octanol–water partition coefficient (Wildman–Crippen LogP) is 2.21. The first-order valence-electron chi connectivity index (χ1n) is 6.27. The lowest BCUT2D eigenvalue weighted by Gasteiger charge is -2.04. The van der Waals surface area contributed by atoms with Crippen molar-refractivity contribution in [1.29, 1.82) is 0 Å². The minimum Gasteiger partial charge on any atom is -0.355 e. The lowest BCUT2D eigenvalue weighted by Crippen LogP contribution is -2.36. The van der Waals surface area contributed by atoms with Gasteiger partial charge in [-0.05, 0) is 31.5 Å². The van der Waals surface area contributed by atoms with Crippen LogP contribution < -0.4 is 10.6 Å². The van der Waals surface area contributed by atoms with Gasteiger partial charge in [-0.15, -0.1) is 11.3 Å². The van der Waals surface area contributed by atoms with Crippen LogP contribution >= 0.6 is 11.3 Å². The Hall–Kier alpha value is -1.95. The van der Waals surface area contributed by atoms with Crippen LogP contribution in [-0.4, -0.2) is 24.9 Å². The number of hydrogen-bond donors (Lipinski definition) is 2. The van der Waals surface area contributed by atoms with E-state index in [1.165, 1.54) is 17.4 Å². The van der Waals surface area contributed by atoms with Crippen molar-refractivity contribution in [3.8, 4) is 0 Å². The maximum absolute atomic E-state index is 13.7. The summed E-state index contributed by atoms with van der Waals surface area (Å²) < 4.78 is 14.5. The Morgan fingerprint density at radius 3 is 2.70 bits per heavy atom. The van der Waals surface area contributed by atoms with E-state index in [-0.39, 0.29) is 24.2 Å². The van der Waals surface area contributed by atoms with Gasteiger partial charge >= 0.3 is 0 Å². The van der Waals surface area contributed by atoms with Crippen LogP contribution in [0, 0.1) is 12.7 Å². The summed E-state index contributed by atoms with van der Waals surface area (Å²) in [7, 11) is 0. The molecule has 2 amide bonds. The largest absolute Gasteiger partial charge is 0.355 e. The molecule has 20 heavy (non-hydrogen) atoms. The van der Waals surface area contributed by atoms with Gasteiger partial charge in [0.05, 0.1) is 11.4 Å². The van der Waals surface area contributed by atoms with Crippen LogP contribution in [0.2, 0.25) is 0 Å². The molecule has 0 bridgehead atoms. The summed E-state index contributed by atoms with van der Waals surface area (Å²) in [5, 5.41) is 5.61. The highest BCUT2D eigenvalue weighted by Crippen LogP contribution is 2.32. The third kappa shape index (κ3) is 2.80. The summed E-state index contributed by atoms with van der Waals surface area (Å²) >= 11 is 1.23. The summed E-state index contributed by atoms with van der Waals surface area (Å²) in [6.45, 7) is 3.95. The summed E-state index contributed by atoms with van der Waals surface area (Å²) in [6.07, 6.45) is 0. The van der Waals surface area contributed by atoms with Crippen molar-refractivity contribution >= 4 is 33.2 Å². The minimum absolute atomic E-state index is 0.0805. The van der Waals surface area contributed by atoms with E-state index in [1.807, 2.05) is 0 Å². The molecule has 0 aliphatic rings. The van der Waals surface area contributed by atoms with Gasteiger partial charge < -0.3 is 10.6 Å². The number of carbonyl (C=O) groups excluding carboxylic acids is 2. The van der Waals surface area contributed by atoms with Crippen molar-refractivity contribution in [3.63, 3.8) is 0 Å². The molecule has 2 rings (SSSR count). The van der Waals surface area contributed by atoms with Gasteiger partial charge in [0.1, 0.15) is 5.82 Å². The highest BCUT2D eigenvalue weighted by molar-refractivity contribution is 7.21. The average molecular weight is 294 g/mol. The van der Waals surface area contributed by atoms with E-state index < -0.39 is 0 Å². The van der Waals surface area contributed by atoms with Gasteiger partial charge in [0, 0.05) is 16.6 Å². The van der Waals surface area contributed by atoms with Gasteiger partial charge in [-0.1, -0.05) is 6.07 Å². The van der Waals surface area contributed by atoms with E-state index in [0.717, 1.165) is 4.70 Å². The van der Waals surface area contributed by atoms with E-state index in [1.54, 1.807) is 26.0 Å². The monoisotopic (exact) mass is 294 g/mol. The minimum atomic E-state index is -0.352. The van der Waals surface area contributed by atoms with Crippen LogP contribution in [0.25, 0.3) is 10.1 Å². The Bertz CT molecular complexity index is 666. The van der Waals surface area contributed by atoms with E-state index in [4.69, 9.17) is 0 Å². The quantitative estimate of drug-likeness (QED) is 0.908. The first-order chi connectivity index (χ1) is 9.54. The molecule has 1 aromatic carbocycles. The van der Waals surface area contributed by atoms with Crippen LogP contribution in [0.15, 0.2) is 18.2 Å². The Morgan fingerprint density at radius 1 is 1.30 bits per heavy atom. The van der Waals surface area contributed by atoms with E-state index in [9.17, 15) is 14.0 Å². The van der Waals surface area contributed by atoms with Crippen LogP contribution in [0.1, 0.15) is 22.2 Å². The van der Waals surface area contributed by atoms with Crippen LogP contribution in [0.5, 0.6) is 0 Å². The maximum atomic E-state index is 13.7. The number of benzene rings is 1. The number of rotatable bonds is 4. The van der Waals surface area contributed by atoms with Crippen LogP contribution in [0.4, 0.5) is 4.39 Å². The molecular weight excluding hydrogens is 279 g/mol. The van der Waals surface area contributed by atoms with Gasteiger partial charge in [0.2, 0.25) is 5.91 Å². The van der Waals surface area contributed by atoms with E-state index >= 15 is 0 Å². The zero-order chi connectivity index (χ0) is 14.7. The number of halogens is 1. The SMILES string of the molecule is CCNC(=O)CNC(=O)c1sc2cccc(F)c2c1C. The number of thiophene rings is 1. The number of aryl methyl sites for hydroxylation is 1. The number of nitrogens with one attached hydrogen (secondary N) is 2. The number of fused-ring (bicyclic) bond motifs is 1. The Kier molecular flexibility index (Phi) is 4.34. The fourth-order valence-electron chi connectivity index (χ4n) is 1.97. The normalized spacial score (nSPS) is 10.6. The topological polar surface area (TPSA) is 58.2 Å². The van der Waals surface area contributed by atoms with Gasteiger partial charge in [-0.25, -0.2) is 4.39 Å². The highest BCUT2D eigenvalue weighted by atomic mass is 32.1. The average Bonchev–Trinajstić information content (AvgIpc) is 2.75. The highest BCUT2D eigenvalue weighted by Gasteiger charge is 2.17. The van der Waals surface area contributed by atoms with Crippen molar-refractivity contribution in [1.82, 2.24) is 10.6 Å². The third-order valence-electron chi connectivity index (χ3n) is 2.89. The molecule has 1 aromatic heterocycles. The molecule has 2 aromatic rings. The van der Waals surface area contributed by atoms with Crippen molar-refractivity contribution in [2.75, 3.05) is 13.1 Å². The fourth-order valence-corrected chi connectivity index (χ4v) is 3.11. The second-order valence-electron chi connectivity index (χ2n) is 4.31. The van der Waals surface area contributed by atoms with Crippen molar-refractivity contribution in [3.05, 3.63) is 34.5 Å². The first-order valence-corrected chi connectivity index (χ1v) is 7.08. The molecule has 0 radical (unpaired) electrons. The number of carbonyl (C=O) groups is 2. The third-order valence-corrected chi connectivity index (χ3v) is 4.15. The molecule has 1 heterocycles. The molecule has 0 fully saturated rings. The molecule has 0 unspecified atom stereocenters. The molecule has 0 aliphatic carbocycles. The number of amides is 2. The van der Waals surface area contributed by atoms with Crippen molar-refractivity contribution < 1.29 is 14.0 Å². The molecule has 0 aliphatic heterocycles. The van der Waals surface area contributed by atoms with E-state index in [2.05, 4.69) is 10.6 Å². The lowest BCUT2D eigenvalue weighted by molar-refractivity contribution is -0.120. The zero-order valence-electron chi connectivity index (χ0n) is 11.2. The molecule has 0 spiro atoms. The molecule has 2 N–H and O–H groups in total. The lowest BCUT2D eigenvalue weighted by atomic mass is 10.1. The second-order valence-corrected chi connectivity index (χ2v) is 5.36. The van der Waals surface area contributed by atoms with E-state index in [0.29, 0.717) is 22.4 Å². The van der Waals surface area contributed by atoms with Crippen molar-refractivity contribution in [2.24, 2.45) is 0 Å². The van der Waals surface area contributed by atoms with Crippen molar-refractivity contribution in [2.45, 2.75) is 13.8 Å². The zero-order valence-corrected chi connectivity index (χ0v) is 12.1. The van der Waals surface area contributed by atoms with Gasteiger partial charge in [0.15, 0.2) is 0 Å². The number of likely N-dealkylation sites (N-methyl/N-ethyl adjacent to an activating group) is 1. The number of hydrogen-bond acceptors (Lipinski definition) is 3. The summed E-state index contributed by atoms with van der Waals surface area (Å²) in [5.74, 6) is -0.931. The fraction of sp³-hybridized carbons (Fsp3) is 0.286. The molecule has 6 heteroatoms. The predicted molar refractivity (Wildman–Crippen MR) is 77.5 cm³/mol. The molecule has 0 atom stereocenters. The molecule has 4 nitrogen and oxygen atoms in total. The second kappa shape index (κ2) is 6.00. The summed E-state index contributed by atoms with van der Waals surface area (Å²) in [6, 6.07) is 4.76. The molecular formula is C14H15FN2O2S. The van der Waals surface area contributed by atoms with Gasteiger partial charge in [0.25, 0.3) is 5.91 Å². The molecule has 0 saturated carbocycles. The molecule has 0 saturated heterocycles. The Balaban J connectivity index is 2.21. The van der Waals surface area contributed by atoms with Crippen LogP contribution in [0.3, 0.4) is 0 Å². The first kappa shape index (κ1) is 14.5. The van der Waals surface area contributed by atoms with Gasteiger partial charge in [-0.3, -0.25) is 9.59 Å².